The van der Waals surface area contributed by atoms with Gasteiger partial charge in [-0.1, -0.05) is 36.4 Å². The van der Waals surface area contributed by atoms with Crippen LogP contribution in [0.2, 0.25) is 0 Å². The minimum absolute atomic E-state index is 0.780. The van der Waals surface area contributed by atoms with Gasteiger partial charge in [0, 0.05) is 72.3 Å². The van der Waals surface area contributed by atoms with Gasteiger partial charge in [0.1, 0.15) is 11.5 Å². The number of para-hydroxylation sites is 2. The fourth-order valence-corrected chi connectivity index (χ4v) is 5.46. The fraction of sp³-hybridized carbons (Fsp3) is 0.258. The van der Waals surface area contributed by atoms with Gasteiger partial charge in [-0.05, 0) is 49.8 Å². The second kappa shape index (κ2) is 9.79. The Balaban J connectivity index is 1.30. The number of aryl methyl sites for hydroxylation is 2. The van der Waals surface area contributed by atoms with Crippen molar-refractivity contribution in [3.05, 3.63) is 106 Å². The number of ether oxygens (including phenoxy) is 1. The number of aromatic amines is 2. The van der Waals surface area contributed by atoms with E-state index >= 15 is 0 Å². The number of nitrogens with zero attached hydrogens (tertiary/aromatic N) is 3. The van der Waals surface area contributed by atoms with Gasteiger partial charge in [0.2, 0.25) is 0 Å². The number of anilines is 1. The van der Waals surface area contributed by atoms with Crippen LogP contribution >= 0.6 is 0 Å². The van der Waals surface area contributed by atoms with Crippen molar-refractivity contribution in [2.24, 2.45) is 4.99 Å². The minimum atomic E-state index is 0.780. The lowest BCUT2D eigenvalue weighted by atomic mass is 10.1. The van der Waals surface area contributed by atoms with Gasteiger partial charge in [-0.3, -0.25) is 4.90 Å². The van der Waals surface area contributed by atoms with Gasteiger partial charge in [-0.2, -0.15) is 0 Å². The highest BCUT2D eigenvalue weighted by atomic mass is 16.5. The Morgan fingerprint density at radius 3 is 2.43 bits per heavy atom. The van der Waals surface area contributed by atoms with Crippen LogP contribution in [0.1, 0.15) is 28.2 Å². The van der Waals surface area contributed by atoms with Crippen molar-refractivity contribution >= 4 is 28.4 Å². The predicted octanol–water partition coefficient (Wildman–Crippen LogP) is 5.81. The number of methoxy groups -OCH3 is 1. The molecule has 2 aliphatic heterocycles. The van der Waals surface area contributed by atoms with Gasteiger partial charge in [-0.15, -0.1) is 0 Å². The van der Waals surface area contributed by atoms with Crippen molar-refractivity contribution in [2.75, 3.05) is 38.2 Å². The monoisotopic (exact) mass is 491 g/mol. The van der Waals surface area contributed by atoms with E-state index in [9.17, 15) is 0 Å². The molecule has 188 valence electrons. The van der Waals surface area contributed by atoms with Gasteiger partial charge in [0.25, 0.3) is 0 Å². The van der Waals surface area contributed by atoms with E-state index in [1.807, 2.05) is 0 Å². The molecule has 37 heavy (non-hydrogen) atoms. The maximum Gasteiger partial charge on any atom is 0.146 e. The summed E-state index contributed by atoms with van der Waals surface area (Å²) in [6.07, 6.45) is 4.13. The molecule has 2 aromatic carbocycles. The summed E-state index contributed by atoms with van der Waals surface area (Å²) in [4.78, 5) is 17.2. The van der Waals surface area contributed by atoms with E-state index in [-0.39, 0.29) is 0 Å². The average molecular weight is 492 g/mol. The smallest absolute Gasteiger partial charge is 0.146 e. The maximum absolute atomic E-state index is 5.75. The molecule has 0 bridgehead atoms. The number of aliphatic imine (C=N–C) groups is 1. The topological polar surface area (TPSA) is 59.6 Å². The molecule has 1 saturated heterocycles. The predicted molar refractivity (Wildman–Crippen MR) is 152 cm³/mol. The van der Waals surface area contributed by atoms with Gasteiger partial charge >= 0.3 is 0 Å². The van der Waals surface area contributed by atoms with Crippen molar-refractivity contribution in [3.8, 4) is 0 Å². The Bertz CT molecular complexity index is 1510. The molecule has 1 fully saturated rings. The third-order valence-corrected chi connectivity index (χ3v) is 7.40. The number of benzene rings is 2. The quantitative estimate of drug-likeness (QED) is 0.358. The zero-order valence-corrected chi connectivity index (χ0v) is 21.7. The summed E-state index contributed by atoms with van der Waals surface area (Å²) >= 11 is 0. The Kier molecular flexibility index (Phi) is 6.18. The Morgan fingerprint density at radius 2 is 1.70 bits per heavy atom. The first kappa shape index (κ1) is 23.4. The van der Waals surface area contributed by atoms with E-state index in [4.69, 9.17) is 9.73 Å². The van der Waals surface area contributed by atoms with Crippen LogP contribution < -0.4 is 4.90 Å². The Labute approximate surface area is 218 Å². The lowest BCUT2D eigenvalue weighted by Crippen LogP contribution is -2.46. The summed E-state index contributed by atoms with van der Waals surface area (Å²) in [5.74, 6) is 0.780. The lowest BCUT2D eigenvalue weighted by molar-refractivity contribution is 0.250. The summed E-state index contributed by atoms with van der Waals surface area (Å²) < 4.78 is 5.75. The normalized spacial score (nSPS) is 17.5. The Hall–Kier alpha value is -4.03. The molecule has 4 heterocycles. The van der Waals surface area contributed by atoms with Crippen molar-refractivity contribution in [1.82, 2.24) is 14.9 Å². The van der Waals surface area contributed by atoms with Crippen molar-refractivity contribution < 1.29 is 4.74 Å². The van der Waals surface area contributed by atoms with E-state index in [1.54, 1.807) is 7.11 Å². The number of fused-ring (bicyclic) bond motifs is 1. The molecular formula is C31H33N5O. The Morgan fingerprint density at radius 1 is 0.946 bits per heavy atom. The van der Waals surface area contributed by atoms with Crippen LogP contribution in [-0.4, -0.2) is 53.9 Å². The van der Waals surface area contributed by atoms with Gasteiger partial charge < -0.3 is 19.6 Å². The molecule has 6 heteroatoms. The third kappa shape index (κ3) is 4.60. The van der Waals surface area contributed by atoms with Crippen LogP contribution in [-0.2, 0) is 11.3 Å². The van der Waals surface area contributed by atoms with E-state index in [0.717, 1.165) is 72.5 Å². The second-order valence-corrected chi connectivity index (χ2v) is 9.91. The molecule has 4 aromatic rings. The number of hydrogen-bond acceptors (Lipinski definition) is 4. The van der Waals surface area contributed by atoms with E-state index < -0.39 is 0 Å². The van der Waals surface area contributed by atoms with Gasteiger partial charge in [0.05, 0.1) is 18.5 Å². The molecule has 0 atom stereocenters. The van der Waals surface area contributed by atoms with Crippen LogP contribution in [0.15, 0.2) is 83.2 Å². The van der Waals surface area contributed by atoms with E-state index in [2.05, 4.69) is 106 Å². The molecule has 2 aromatic heterocycles. The standard InChI is InChI=1S/C31H33N5O/c1-21-17-22(2)32-27(21)18-28-30(37-3)19-29(33-28)31-25(24-11-7-8-12-26(24)34-31)20-35-13-15-36(16-14-35)23-9-5-4-6-10-23/h4-12,17-19,32,34H,13-16,20H2,1-3H3/b28-18-. The lowest BCUT2D eigenvalue weighted by Gasteiger charge is -2.36. The molecule has 0 unspecified atom stereocenters. The molecule has 0 spiro atoms. The van der Waals surface area contributed by atoms with Crippen LogP contribution in [0.25, 0.3) is 17.0 Å². The zero-order valence-electron chi connectivity index (χ0n) is 21.7. The first-order chi connectivity index (χ1) is 18.1. The number of aromatic nitrogens is 2. The minimum Gasteiger partial charge on any atom is -0.494 e. The van der Waals surface area contributed by atoms with Crippen LogP contribution in [0, 0.1) is 13.8 Å². The van der Waals surface area contributed by atoms with E-state index in [1.165, 1.54) is 22.2 Å². The molecular weight excluding hydrogens is 458 g/mol. The first-order valence-electron chi connectivity index (χ1n) is 12.9. The molecule has 0 amide bonds. The number of nitrogens with one attached hydrogen (secondary N) is 2. The number of rotatable bonds is 6. The third-order valence-electron chi connectivity index (χ3n) is 7.40. The highest BCUT2D eigenvalue weighted by molar-refractivity contribution is 6.14. The highest BCUT2D eigenvalue weighted by Crippen LogP contribution is 2.31. The first-order valence-corrected chi connectivity index (χ1v) is 12.9. The number of H-pyrrole nitrogens is 2. The van der Waals surface area contributed by atoms with Crippen LogP contribution in [0.3, 0.4) is 0 Å². The van der Waals surface area contributed by atoms with Crippen LogP contribution in [0.5, 0.6) is 0 Å². The average Bonchev–Trinajstić information content (AvgIpc) is 3.60. The molecule has 2 N–H and O–H groups in total. The second-order valence-electron chi connectivity index (χ2n) is 9.91. The largest absolute Gasteiger partial charge is 0.494 e. The van der Waals surface area contributed by atoms with Crippen molar-refractivity contribution in [3.63, 3.8) is 0 Å². The summed E-state index contributed by atoms with van der Waals surface area (Å²) in [7, 11) is 1.71. The summed E-state index contributed by atoms with van der Waals surface area (Å²) in [6.45, 7) is 9.16. The number of piperazine rings is 1. The molecule has 6 rings (SSSR count). The SMILES string of the molecule is COC1=CC(c2[nH]c3ccccc3c2CN2CCN(c3ccccc3)CC2)=N/C1=C\c1[nH]c(C)cc1C. The molecule has 0 radical (unpaired) electrons. The fourth-order valence-electron chi connectivity index (χ4n) is 5.46. The highest BCUT2D eigenvalue weighted by Gasteiger charge is 2.25. The molecule has 0 aliphatic carbocycles. The summed E-state index contributed by atoms with van der Waals surface area (Å²) in [6, 6.07) is 21.4. The summed E-state index contributed by atoms with van der Waals surface area (Å²) in [5.41, 5.74) is 9.96. The number of hydrogen-bond donors (Lipinski definition) is 2. The van der Waals surface area contributed by atoms with E-state index in [0.29, 0.717) is 0 Å². The van der Waals surface area contributed by atoms with Crippen molar-refractivity contribution in [2.45, 2.75) is 20.4 Å². The number of allylic oxidation sites excluding steroid dienone is 1. The van der Waals surface area contributed by atoms with Gasteiger partial charge in [-0.25, -0.2) is 4.99 Å². The van der Waals surface area contributed by atoms with Crippen LogP contribution in [0.4, 0.5) is 5.69 Å². The molecule has 6 nitrogen and oxygen atoms in total. The molecule has 2 aliphatic rings. The zero-order chi connectivity index (χ0) is 25.4. The maximum atomic E-state index is 5.75. The van der Waals surface area contributed by atoms with Crippen molar-refractivity contribution in [1.29, 1.82) is 0 Å². The van der Waals surface area contributed by atoms with Gasteiger partial charge in [0.15, 0.2) is 0 Å². The summed E-state index contributed by atoms with van der Waals surface area (Å²) in [5, 5.41) is 1.26. The molecule has 0 saturated carbocycles.